The van der Waals surface area contributed by atoms with Crippen LogP contribution in [0.15, 0.2) is 0 Å². The molecule has 0 bridgehead atoms. The Morgan fingerprint density at radius 3 is 2.79 bits per heavy atom. The summed E-state index contributed by atoms with van der Waals surface area (Å²) in [4.78, 5) is 14.0. The summed E-state index contributed by atoms with van der Waals surface area (Å²) >= 11 is 0. The summed E-state index contributed by atoms with van der Waals surface area (Å²) in [6, 6.07) is 0.412. The third kappa shape index (κ3) is 1.54. The SMILES string of the molecule is CCCCC(C)N1CNC2(CC2)C1=O. The summed E-state index contributed by atoms with van der Waals surface area (Å²) in [6.07, 6.45) is 5.66. The first-order valence-electron chi connectivity index (χ1n) is 5.76. The Hall–Kier alpha value is -0.570. The fraction of sp³-hybridized carbons (Fsp3) is 0.909. The minimum absolute atomic E-state index is 0.111. The van der Waals surface area contributed by atoms with Crippen molar-refractivity contribution < 1.29 is 4.79 Å². The van der Waals surface area contributed by atoms with E-state index in [0.717, 1.165) is 25.9 Å². The number of nitrogens with one attached hydrogen (secondary N) is 1. The quantitative estimate of drug-likeness (QED) is 0.738. The van der Waals surface area contributed by atoms with Gasteiger partial charge in [0.1, 0.15) is 0 Å². The molecule has 0 aromatic rings. The van der Waals surface area contributed by atoms with Crippen molar-refractivity contribution in [2.75, 3.05) is 6.67 Å². The van der Waals surface area contributed by atoms with Gasteiger partial charge < -0.3 is 4.90 Å². The molecule has 80 valence electrons. The molecule has 1 aliphatic carbocycles. The van der Waals surface area contributed by atoms with Crippen molar-refractivity contribution in [2.24, 2.45) is 0 Å². The van der Waals surface area contributed by atoms with Crippen LogP contribution in [-0.2, 0) is 4.79 Å². The van der Waals surface area contributed by atoms with Crippen LogP contribution < -0.4 is 5.32 Å². The Bertz CT molecular complexity index is 235. The van der Waals surface area contributed by atoms with E-state index in [0.29, 0.717) is 11.9 Å². The highest BCUT2D eigenvalue weighted by molar-refractivity contribution is 5.91. The van der Waals surface area contributed by atoms with Gasteiger partial charge in [0.15, 0.2) is 0 Å². The predicted molar refractivity (Wildman–Crippen MR) is 55.8 cm³/mol. The summed E-state index contributed by atoms with van der Waals surface area (Å²) in [5.41, 5.74) is -0.111. The van der Waals surface area contributed by atoms with E-state index in [2.05, 4.69) is 19.2 Å². The topological polar surface area (TPSA) is 32.3 Å². The number of carbonyl (C=O) groups is 1. The van der Waals surface area contributed by atoms with E-state index < -0.39 is 0 Å². The van der Waals surface area contributed by atoms with Gasteiger partial charge in [-0.15, -0.1) is 0 Å². The molecular weight excluding hydrogens is 176 g/mol. The van der Waals surface area contributed by atoms with Crippen molar-refractivity contribution >= 4 is 5.91 Å². The average molecular weight is 196 g/mol. The molecule has 0 aromatic carbocycles. The molecule has 1 atom stereocenters. The summed E-state index contributed by atoms with van der Waals surface area (Å²) in [6.45, 7) is 5.12. The molecule has 1 N–H and O–H groups in total. The smallest absolute Gasteiger partial charge is 0.244 e. The summed E-state index contributed by atoms with van der Waals surface area (Å²) in [5.74, 6) is 0.348. The van der Waals surface area contributed by atoms with Crippen LogP contribution in [0.3, 0.4) is 0 Å². The summed E-state index contributed by atoms with van der Waals surface area (Å²) in [5, 5.41) is 3.34. The maximum atomic E-state index is 12.0. The van der Waals surface area contributed by atoms with Crippen molar-refractivity contribution in [2.45, 2.75) is 57.5 Å². The van der Waals surface area contributed by atoms with Crippen molar-refractivity contribution in [1.29, 1.82) is 0 Å². The van der Waals surface area contributed by atoms with Crippen LogP contribution in [0, 0.1) is 0 Å². The van der Waals surface area contributed by atoms with Gasteiger partial charge in [0.05, 0.1) is 12.2 Å². The van der Waals surface area contributed by atoms with Crippen molar-refractivity contribution in [1.82, 2.24) is 10.2 Å². The van der Waals surface area contributed by atoms with E-state index >= 15 is 0 Å². The molecule has 1 heterocycles. The molecule has 1 spiro atoms. The first-order chi connectivity index (χ1) is 6.69. The fourth-order valence-electron chi connectivity index (χ4n) is 2.19. The lowest BCUT2D eigenvalue weighted by molar-refractivity contribution is -0.131. The largest absolute Gasteiger partial charge is 0.326 e. The van der Waals surface area contributed by atoms with Crippen LogP contribution in [-0.4, -0.2) is 29.1 Å². The Morgan fingerprint density at radius 2 is 2.29 bits per heavy atom. The highest BCUT2D eigenvalue weighted by Crippen LogP contribution is 2.40. The molecule has 1 saturated heterocycles. The van der Waals surface area contributed by atoms with E-state index in [4.69, 9.17) is 0 Å². The zero-order valence-corrected chi connectivity index (χ0v) is 9.18. The van der Waals surface area contributed by atoms with E-state index in [9.17, 15) is 4.79 Å². The third-order valence-electron chi connectivity index (χ3n) is 3.52. The molecule has 1 aliphatic heterocycles. The summed E-state index contributed by atoms with van der Waals surface area (Å²) in [7, 11) is 0. The van der Waals surface area contributed by atoms with Crippen LogP contribution in [0.2, 0.25) is 0 Å². The van der Waals surface area contributed by atoms with Crippen molar-refractivity contribution in [3.05, 3.63) is 0 Å². The van der Waals surface area contributed by atoms with Gasteiger partial charge in [-0.25, -0.2) is 0 Å². The number of nitrogens with zero attached hydrogens (tertiary/aromatic N) is 1. The maximum absolute atomic E-state index is 12.0. The lowest BCUT2D eigenvalue weighted by Crippen LogP contribution is -2.37. The number of amides is 1. The van der Waals surface area contributed by atoms with Crippen LogP contribution in [0.4, 0.5) is 0 Å². The van der Waals surface area contributed by atoms with Gasteiger partial charge in [0.25, 0.3) is 0 Å². The summed E-state index contributed by atoms with van der Waals surface area (Å²) < 4.78 is 0. The first-order valence-corrected chi connectivity index (χ1v) is 5.76. The Morgan fingerprint density at radius 1 is 1.57 bits per heavy atom. The highest BCUT2D eigenvalue weighted by atomic mass is 16.2. The van der Waals surface area contributed by atoms with Gasteiger partial charge in [-0.2, -0.15) is 0 Å². The van der Waals surface area contributed by atoms with E-state index in [1.807, 2.05) is 4.90 Å². The minimum atomic E-state index is -0.111. The number of unbranched alkanes of at least 4 members (excludes halogenated alkanes) is 1. The number of hydrogen-bond acceptors (Lipinski definition) is 2. The number of carbonyl (C=O) groups excluding carboxylic acids is 1. The molecular formula is C11H20N2O. The predicted octanol–water partition coefficient (Wildman–Crippen LogP) is 1.49. The molecule has 1 amide bonds. The van der Waals surface area contributed by atoms with Gasteiger partial charge >= 0.3 is 0 Å². The normalized spacial score (nSPS) is 25.9. The first kappa shape index (κ1) is 9.97. The number of hydrogen-bond donors (Lipinski definition) is 1. The molecule has 2 rings (SSSR count). The van der Waals surface area contributed by atoms with Gasteiger partial charge in [-0.3, -0.25) is 10.1 Å². The zero-order chi connectivity index (χ0) is 10.2. The standard InChI is InChI=1S/C11H20N2O/c1-3-4-5-9(2)13-8-12-11(6-7-11)10(13)14/h9,12H,3-8H2,1-2H3. The lowest BCUT2D eigenvalue weighted by Gasteiger charge is -2.23. The molecule has 3 heteroatoms. The van der Waals surface area contributed by atoms with Gasteiger partial charge in [0, 0.05) is 6.04 Å². The second-order valence-corrected chi connectivity index (χ2v) is 4.68. The fourth-order valence-corrected chi connectivity index (χ4v) is 2.19. The van der Waals surface area contributed by atoms with E-state index in [1.165, 1.54) is 12.8 Å². The molecule has 2 aliphatic rings. The molecule has 14 heavy (non-hydrogen) atoms. The second-order valence-electron chi connectivity index (χ2n) is 4.68. The third-order valence-corrected chi connectivity index (χ3v) is 3.52. The zero-order valence-electron chi connectivity index (χ0n) is 9.18. The van der Waals surface area contributed by atoms with Crippen LogP contribution in [0.5, 0.6) is 0 Å². The van der Waals surface area contributed by atoms with Crippen LogP contribution >= 0.6 is 0 Å². The van der Waals surface area contributed by atoms with E-state index in [1.54, 1.807) is 0 Å². The lowest BCUT2D eigenvalue weighted by atomic mass is 10.1. The van der Waals surface area contributed by atoms with Gasteiger partial charge in [-0.05, 0) is 26.2 Å². The molecule has 3 nitrogen and oxygen atoms in total. The van der Waals surface area contributed by atoms with Crippen LogP contribution in [0.25, 0.3) is 0 Å². The van der Waals surface area contributed by atoms with Gasteiger partial charge in [0.2, 0.25) is 5.91 Å². The Kier molecular flexibility index (Phi) is 2.52. The second kappa shape index (κ2) is 3.54. The molecule has 2 fully saturated rings. The maximum Gasteiger partial charge on any atom is 0.244 e. The van der Waals surface area contributed by atoms with Crippen LogP contribution in [0.1, 0.15) is 46.0 Å². The van der Waals surface area contributed by atoms with Gasteiger partial charge in [-0.1, -0.05) is 19.8 Å². The van der Waals surface area contributed by atoms with E-state index in [-0.39, 0.29) is 5.54 Å². The van der Waals surface area contributed by atoms with Crippen molar-refractivity contribution in [3.63, 3.8) is 0 Å². The molecule has 1 unspecified atom stereocenters. The number of rotatable bonds is 4. The minimum Gasteiger partial charge on any atom is -0.326 e. The Balaban J connectivity index is 1.89. The molecule has 0 radical (unpaired) electrons. The Labute approximate surface area is 85.8 Å². The molecule has 1 saturated carbocycles. The van der Waals surface area contributed by atoms with Crippen molar-refractivity contribution in [3.8, 4) is 0 Å². The molecule has 0 aromatic heterocycles. The average Bonchev–Trinajstić information content (AvgIpc) is 2.88. The highest BCUT2D eigenvalue weighted by Gasteiger charge is 2.56. The monoisotopic (exact) mass is 196 g/mol.